The summed E-state index contributed by atoms with van der Waals surface area (Å²) in [5.74, 6) is 0. The van der Waals surface area contributed by atoms with E-state index in [-0.39, 0.29) is 6.04 Å². The van der Waals surface area contributed by atoms with Crippen molar-refractivity contribution in [2.24, 2.45) is 5.73 Å². The number of thiophene rings is 1. The Morgan fingerprint density at radius 1 is 1.31 bits per heavy atom. The van der Waals surface area contributed by atoms with Crippen LogP contribution in [0.15, 0.2) is 26.1 Å². The first-order valence-corrected chi connectivity index (χ1v) is 6.32. The van der Waals surface area contributed by atoms with Gasteiger partial charge in [-0.1, -0.05) is 0 Å². The quantitative estimate of drug-likeness (QED) is 0.915. The van der Waals surface area contributed by atoms with Crippen LogP contribution in [0.25, 0.3) is 0 Å². The fourth-order valence-corrected chi connectivity index (χ4v) is 3.22. The molecule has 2 heterocycles. The van der Waals surface area contributed by atoms with Gasteiger partial charge < -0.3 is 5.73 Å². The number of nitrogens with two attached hydrogens (primary N) is 1. The lowest BCUT2D eigenvalue weighted by atomic mass is 10.1. The van der Waals surface area contributed by atoms with Crippen LogP contribution in [-0.4, -0.2) is 4.98 Å². The highest BCUT2D eigenvalue weighted by atomic mass is 79.9. The van der Waals surface area contributed by atoms with E-state index in [1.165, 1.54) is 0 Å². The summed E-state index contributed by atoms with van der Waals surface area (Å²) in [5, 5.41) is 6.06. The molecule has 0 amide bonds. The van der Waals surface area contributed by atoms with Crippen LogP contribution in [0.1, 0.15) is 17.3 Å². The molecular weight excluding hydrogens is 268 g/mol. The number of halogens is 1. The molecule has 0 spiro atoms. The van der Waals surface area contributed by atoms with Crippen LogP contribution in [0.3, 0.4) is 0 Å². The molecule has 68 valence electrons. The van der Waals surface area contributed by atoms with Crippen molar-refractivity contribution >= 4 is 38.6 Å². The zero-order chi connectivity index (χ0) is 9.26. The molecule has 0 saturated carbocycles. The second-order valence-electron chi connectivity index (χ2n) is 2.57. The van der Waals surface area contributed by atoms with Crippen molar-refractivity contribution in [1.82, 2.24) is 4.98 Å². The lowest BCUT2D eigenvalue weighted by molar-refractivity contribution is 0.839. The Balaban J connectivity index is 2.33. The molecule has 1 atom stereocenters. The molecular formula is C8H7BrN2S2. The molecule has 2 aromatic heterocycles. The summed E-state index contributed by atoms with van der Waals surface area (Å²) in [6.07, 6.45) is 0. The number of hydrogen-bond acceptors (Lipinski definition) is 4. The van der Waals surface area contributed by atoms with Crippen molar-refractivity contribution in [3.63, 3.8) is 0 Å². The van der Waals surface area contributed by atoms with Crippen molar-refractivity contribution in [3.05, 3.63) is 37.4 Å². The Bertz CT molecular complexity index is 383. The van der Waals surface area contributed by atoms with Gasteiger partial charge in [-0.05, 0) is 26.9 Å². The van der Waals surface area contributed by atoms with Crippen LogP contribution in [-0.2, 0) is 0 Å². The molecule has 0 aliphatic rings. The van der Waals surface area contributed by atoms with Crippen molar-refractivity contribution in [1.29, 1.82) is 0 Å². The van der Waals surface area contributed by atoms with E-state index in [4.69, 9.17) is 5.73 Å². The number of hydrogen-bond donors (Lipinski definition) is 1. The van der Waals surface area contributed by atoms with E-state index >= 15 is 0 Å². The van der Waals surface area contributed by atoms with Crippen LogP contribution < -0.4 is 5.73 Å². The van der Waals surface area contributed by atoms with Gasteiger partial charge in [-0.2, -0.15) is 11.3 Å². The Kier molecular flexibility index (Phi) is 2.78. The van der Waals surface area contributed by atoms with Gasteiger partial charge in [0.1, 0.15) is 0 Å². The maximum Gasteiger partial charge on any atom is 0.0795 e. The Morgan fingerprint density at radius 2 is 2.15 bits per heavy atom. The minimum atomic E-state index is -0.105. The Hall–Kier alpha value is -0.230. The summed E-state index contributed by atoms with van der Waals surface area (Å²) in [7, 11) is 0. The second-order valence-corrected chi connectivity index (χ2v) is 4.88. The van der Waals surface area contributed by atoms with Crippen molar-refractivity contribution < 1.29 is 0 Å². The average Bonchev–Trinajstić information content (AvgIpc) is 2.72. The molecule has 0 saturated heterocycles. The van der Waals surface area contributed by atoms with Crippen molar-refractivity contribution in [3.8, 4) is 0 Å². The van der Waals surface area contributed by atoms with E-state index in [1.54, 1.807) is 28.2 Å². The SMILES string of the molecule is NC(c1cscn1)c1cscc1Br. The summed E-state index contributed by atoms with van der Waals surface area (Å²) in [5.41, 5.74) is 9.87. The van der Waals surface area contributed by atoms with E-state index in [0.29, 0.717) is 0 Å². The number of aromatic nitrogens is 1. The molecule has 0 aliphatic heterocycles. The van der Waals surface area contributed by atoms with E-state index in [2.05, 4.69) is 20.9 Å². The molecule has 0 aromatic carbocycles. The van der Waals surface area contributed by atoms with Crippen LogP contribution in [0.5, 0.6) is 0 Å². The normalized spacial score (nSPS) is 13.1. The third-order valence-corrected chi connectivity index (χ3v) is 4.10. The summed E-state index contributed by atoms with van der Waals surface area (Å²) >= 11 is 6.67. The smallest absolute Gasteiger partial charge is 0.0795 e. The van der Waals surface area contributed by atoms with Gasteiger partial charge in [0.25, 0.3) is 0 Å². The molecule has 1 unspecified atom stereocenters. The number of rotatable bonds is 2. The molecule has 2 aromatic rings. The van der Waals surface area contributed by atoms with Gasteiger partial charge in [0.2, 0.25) is 0 Å². The Morgan fingerprint density at radius 3 is 2.69 bits per heavy atom. The zero-order valence-electron chi connectivity index (χ0n) is 6.61. The maximum absolute atomic E-state index is 6.03. The van der Waals surface area contributed by atoms with Gasteiger partial charge in [-0.3, -0.25) is 0 Å². The van der Waals surface area contributed by atoms with Crippen LogP contribution in [0.4, 0.5) is 0 Å². The molecule has 13 heavy (non-hydrogen) atoms. The third-order valence-electron chi connectivity index (χ3n) is 1.75. The van der Waals surface area contributed by atoms with Gasteiger partial charge in [0, 0.05) is 15.2 Å². The minimum Gasteiger partial charge on any atom is -0.319 e. The zero-order valence-corrected chi connectivity index (χ0v) is 9.82. The van der Waals surface area contributed by atoms with Crippen molar-refractivity contribution in [2.45, 2.75) is 6.04 Å². The fraction of sp³-hybridized carbons (Fsp3) is 0.125. The number of nitrogens with zero attached hydrogens (tertiary/aromatic N) is 1. The van der Waals surface area contributed by atoms with E-state index < -0.39 is 0 Å². The first-order valence-electron chi connectivity index (χ1n) is 3.64. The van der Waals surface area contributed by atoms with Crippen LogP contribution in [0.2, 0.25) is 0 Å². The molecule has 2 nitrogen and oxygen atoms in total. The topological polar surface area (TPSA) is 38.9 Å². The second kappa shape index (κ2) is 3.88. The predicted molar refractivity (Wildman–Crippen MR) is 60.2 cm³/mol. The van der Waals surface area contributed by atoms with E-state index in [9.17, 15) is 0 Å². The molecule has 0 aliphatic carbocycles. The first-order chi connectivity index (χ1) is 6.29. The highest BCUT2D eigenvalue weighted by Gasteiger charge is 2.14. The minimum absolute atomic E-state index is 0.105. The summed E-state index contributed by atoms with van der Waals surface area (Å²) in [4.78, 5) is 4.19. The monoisotopic (exact) mass is 274 g/mol. The van der Waals surface area contributed by atoms with E-state index in [1.807, 2.05) is 16.1 Å². The summed E-state index contributed by atoms with van der Waals surface area (Å²) in [6, 6.07) is -0.105. The fourth-order valence-electron chi connectivity index (χ4n) is 1.05. The highest BCUT2D eigenvalue weighted by Crippen LogP contribution is 2.29. The van der Waals surface area contributed by atoms with E-state index in [0.717, 1.165) is 15.7 Å². The molecule has 2 rings (SSSR count). The molecule has 5 heteroatoms. The predicted octanol–water partition coefficient (Wildman–Crippen LogP) is 3.02. The largest absolute Gasteiger partial charge is 0.319 e. The first kappa shape index (κ1) is 9.33. The molecule has 0 fully saturated rings. The van der Waals surface area contributed by atoms with Crippen LogP contribution in [0, 0.1) is 0 Å². The summed E-state index contributed by atoms with van der Waals surface area (Å²) in [6.45, 7) is 0. The van der Waals surface area contributed by atoms with Gasteiger partial charge in [0.05, 0.1) is 17.2 Å². The third kappa shape index (κ3) is 1.83. The van der Waals surface area contributed by atoms with Crippen LogP contribution >= 0.6 is 38.6 Å². The van der Waals surface area contributed by atoms with Gasteiger partial charge >= 0.3 is 0 Å². The standard InChI is InChI=1S/C8H7BrN2S2/c9-6-2-12-1-5(6)8(10)7-3-13-4-11-7/h1-4,8H,10H2. The molecule has 0 radical (unpaired) electrons. The molecule has 2 N–H and O–H groups in total. The maximum atomic E-state index is 6.03. The van der Waals surface area contributed by atoms with Gasteiger partial charge in [0.15, 0.2) is 0 Å². The average molecular weight is 275 g/mol. The lowest BCUT2D eigenvalue weighted by Crippen LogP contribution is -2.11. The Labute approximate surface area is 92.6 Å². The van der Waals surface area contributed by atoms with Gasteiger partial charge in [-0.15, -0.1) is 11.3 Å². The highest BCUT2D eigenvalue weighted by molar-refractivity contribution is 9.10. The lowest BCUT2D eigenvalue weighted by Gasteiger charge is -2.06. The number of thiazole rings is 1. The van der Waals surface area contributed by atoms with Gasteiger partial charge in [-0.25, -0.2) is 4.98 Å². The molecule has 0 bridgehead atoms. The summed E-state index contributed by atoms with van der Waals surface area (Å²) < 4.78 is 1.07. The van der Waals surface area contributed by atoms with Crippen molar-refractivity contribution in [2.75, 3.05) is 0 Å².